The lowest BCUT2D eigenvalue weighted by Crippen LogP contribution is -2.54. The highest BCUT2D eigenvalue weighted by molar-refractivity contribution is 5.85. The average molecular weight is 437 g/mol. The maximum absolute atomic E-state index is 13.1. The molecule has 1 aromatic carbocycles. The first-order valence-corrected chi connectivity index (χ1v) is 9.54. The largest absolute Gasteiger partial charge is 0.369 e. The molecule has 8 heteroatoms. The van der Waals surface area contributed by atoms with Crippen molar-refractivity contribution in [1.29, 1.82) is 0 Å². The maximum Gasteiger partial charge on any atom is 0.239 e. The Labute approximate surface area is 181 Å². The molecular formula is C20H35Cl2FN4O. The van der Waals surface area contributed by atoms with Crippen LogP contribution in [0.1, 0.15) is 27.2 Å². The molecule has 1 amide bonds. The summed E-state index contributed by atoms with van der Waals surface area (Å²) in [6.07, 6.45) is 0.824. The molecule has 2 rings (SSSR count). The predicted molar refractivity (Wildman–Crippen MR) is 119 cm³/mol. The van der Waals surface area contributed by atoms with Gasteiger partial charge in [-0.3, -0.25) is 9.69 Å². The summed E-state index contributed by atoms with van der Waals surface area (Å²) < 4.78 is 13.1. The second-order valence-electron chi connectivity index (χ2n) is 7.63. The van der Waals surface area contributed by atoms with Gasteiger partial charge >= 0.3 is 0 Å². The number of amides is 1. The van der Waals surface area contributed by atoms with Crippen molar-refractivity contribution in [2.45, 2.75) is 39.3 Å². The SMILES string of the molecule is CC(C)C(N)CCN(C)C(=O)C(C)N1CCN(c2ccc(F)cc2)CC1.Cl.Cl. The minimum Gasteiger partial charge on any atom is -0.369 e. The van der Waals surface area contributed by atoms with Crippen LogP contribution in [0.2, 0.25) is 0 Å². The van der Waals surface area contributed by atoms with Crippen LogP contribution < -0.4 is 10.6 Å². The molecule has 1 saturated heterocycles. The minimum atomic E-state index is -0.216. The molecule has 0 aromatic heterocycles. The lowest BCUT2D eigenvalue weighted by Gasteiger charge is -2.39. The molecule has 0 bridgehead atoms. The van der Waals surface area contributed by atoms with Gasteiger partial charge in [-0.05, 0) is 43.5 Å². The van der Waals surface area contributed by atoms with E-state index in [0.29, 0.717) is 12.5 Å². The van der Waals surface area contributed by atoms with E-state index >= 15 is 0 Å². The van der Waals surface area contributed by atoms with Crippen LogP contribution in [0.3, 0.4) is 0 Å². The molecule has 1 aliphatic heterocycles. The van der Waals surface area contributed by atoms with E-state index in [2.05, 4.69) is 23.6 Å². The first-order valence-electron chi connectivity index (χ1n) is 9.54. The molecular weight excluding hydrogens is 402 g/mol. The molecule has 2 atom stereocenters. The zero-order valence-electron chi connectivity index (χ0n) is 17.3. The van der Waals surface area contributed by atoms with Gasteiger partial charge in [0.25, 0.3) is 0 Å². The number of nitrogens with zero attached hydrogens (tertiary/aromatic N) is 3. The van der Waals surface area contributed by atoms with Gasteiger partial charge in [0.1, 0.15) is 5.82 Å². The Kier molecular flexibility index (Phi) is 12.0. The van der Waals surface area contributed by atoms with E-state index in [1.165, 1.54) is 12.1 Å². The van der Waals surface area contributed by atoms with Gasteiger partial charge in [-0.25, -0.2) is 4.39 Å². The third-order valence-electron chi connectivity index (χ3n) is 5.44. The van der Waals surface area contributed by atoms with Gasteiger partial charge in [-0.1, -0.05) is 13.8 Å². The van der Waals surface area contributed by atoms with Crippen molar-refractivity contribution in [3.05, 3.63) is 30.1 Å². The Bertz CT molecular complexity index is 580. The van der Waals surface area contributed by atoms with Crippen molar-refractivity contribution < 1.29 is 9.18 Å². The molecule has 1 aliphatic rings. The molecule has 2 N–H and O–H groups in total. The highest BCUT2D eigenvalue weighted by Crippen LogP contribution is 2.18. The first kappa shape index (κ1) is 26.9. The molecule has 1 aromatic rings. The number of carbonyl (C=O) groups is 1. The molecule has 1 heterocycles. The van der Waals surface area contributed by atoms with Crippen molar-refractivity contribution in [1.82, 2.24) is 9.80 Å². The Morgan fingerprint density at radius 1 is 1.11 bits per heavy atom. The summed E-state index contributed by atoms with van der Waals surface area (Å²) in [7, 11) is 1.86. The Hall–Kier alpha value is -1.08. The zero-order valence-corrected chi connectivity index (χ0v) is 18.9. The summed E-state index contributed by atoms with van der Waals surface area (Å²) in [5.74, 6) is 0.360. The maximum atomic E-state index is 13.1. The highest BCUT2D eigenvalue weighted by atomic mass is 35.5. The lowest BCUT2D eigenvalue weighted by atomic mass is 10.0. The van der Waals surface area contributed by atoms with Crippen molar-refractivity contribution in [2.24, 2.45) is 11.7 Å². The van der Waals surface area contributed by atoms with Crippen LogP contribution in [0.5, 0.6) is 0 Å². The fourth-order valence-corrected chi connectivity index (χ4v) is 3.28. The highest BCUT2D eigenvalue weighted by Gasteiger charge is 2.27. The van der Waals surface area contributed by atoms with E-state index < -0.39 is 0 Å². The molecule has 5 nitrogen and oxygen atoms in total. The number of anilines is 1. The monoisotopic (exact) mass is 436 g/mol. The second-order valence-corrected chi connectivity index (χ2v) is 7.63. The zero-order chi connectivity index (χ0) is 19.3. The summed E-state index contributed by atoms with van der Waals surface area (Å²) >= 11 is 0. The number of likely N-dealkylation sites (N-methyl/N-ethyl adjacent to an activating group) is 1. The molecule has 0 spiro atoms. The standard InChI is InChI=1S/C20H33FN4O.2ClH/c1-15(2)19(22)9-10-23(4)20(26)16(3)24-11-13-25(14-12-24)18-7-5-17(21)6-8-18;;/h5-8,15-16,19H,9-14,22H2,1-4H3;2*1H. The number of piperazine rings is 1. The minimum absolute atomic E-state index is 0. The molecule has 1 fully saturated rings. The molecule has 0 saturated carbocycles. The number of benzene rings is 1. The van der Waals surface area contributed by atoms with Gasteiger partial charge in [0.2, 0.25) is 5.91 Å². The van der Waals surface area contributed by atoms with E-state index in [0.717, 1.165) is 38.3 Å². The van der Waals surface area contributed by atoms with Crippen molar-refractivity contribution in [3.8, 4) is 0 Å². The van der Waals surface area contributed by atoms with Gasteiger partial charge in [-0.2, -0.15) is 0 Å². The fraction of sp³-hybridized carbons (Fsp3) is 0.650. The van der Waals surface area contributed by atoms with E-state index in [1.54, 1.807) is 4.90 Å². The van der Waals surface area contributed by atoms with Crippen LogP contribution in [-0.4, -0.2) is 67.6 Å². The normalized spacial score (nSPS) is 16.8. The average Bonchev–Trinajstić information content (AvgIpc) is 2.65. The van der Waals surface area contributed by atoms with Crippen molar-refractivity contribution >= 4 is 36.4 Å². The third kappa shape index (κ3) is 7.39. The van der Waals surface area contributed by atoms with Gasteiger partial charge < -0.3 is 15.5 Å². The van der Waals surface area contributed by atoms with Gasteiger partial charge in [-0.15, -0.1) is 24.8 Å². The van der Waals surface area contributed by atoms with Gasteiger partial charge in [0.15, 0.2) is 0 Å². The Morgan fingerprint density at radius 2 is 1.64 bits per heavy atom. The number of rotatable bonds is 7. The van der Waals surface area contributed by atoms with Crippen molar-refractivity contribution in [2.75, 3.05) is 44.7 Å². The van der Waals surface area contributed by atoms with Crippen molar-refractivity contribution in [3.63, 3.8) is 0 Å². The smallest absolute Gasteiger partial charge is 0.239 e. The van der Waals surface area contributed by atoms with E-state index in [9.17, 15) is 9.18 Å². The van der Waals surface area contributed by atoms with Gasteiger partial charge in [0, 0.05) is 51.5 Å². The summed E-state index contributed by atoms with van der Waals surface area (Å²) in [5.41, 5.74) is 7.12. The summed E-state index contributed by atoms with van der Waals surface area (Å²) in [4.78, 5) is 19.0. The molecule has 0 radical (unpaired) electrons. The van der Waals surface area contributed by atoms with E-state index in [1.807, 2.05) is 26.1 Å². The second kappa shape index (κ2) is 12.5. The first-order chi connectivity index (χ1) is 12.3. The number of carbonyl (C=O) groups excluding carboxylic acids is 1. The lowest BCUT2D eigenvalue weighted by molar-refractivity contribution is -0.135. The van der Waals surface area contributed by atoms with E-state index in [-0.39, 0.29) is 48.6 Å². The number of halogens is 3. The Balaban J connectivity index is 0.00000364. The summed E-state index contributed by atoms with van der Waals surface area (Å²) in [6, 6.07) is 6.59. The van der Waals surface area contributed by atoms with Crippen LogP contribution >= 0.6 is 24.8 Å². The summed E-state index contributed by atoms with van der Waals surface area (Å²) in [6.45, 7) is 10.2. The number of hydrogen-bond donors (Lipinski definition) is 1. The van der Waals surface area contributed by atoms with Crippen LogP contribution in [0.25, 0.3) is 0 Å². The predicted octanol–water partition coefficient (Wildman–Crippen LogP) is 3.01. The quantitative estimate of drug-likeness (QED) is 0.713. The molecule has 162 valence electrons. The topological polar surface area (TPSA) is 52.8 Å². The Morgan fingerprint density at radius 3 is 2.14 bits per heavy atom. The van der Waals surface area contributed by atoms with Crippen LogP contribution in [-0.2, 0) is 4.79 Å². The third-order valence-corrected chi connectivity index (χ3v) is 5.44. The van der Waals surface area contributed by atoms with E-state index in [4.69, 9.17) is 5.73 Å². The summed E-state index contributed by atoms with van der Waals surface area (Å²) in [5, 5.41) is 0. The number of hydrogen-bond acceptors (Lipinski definition) is 4. The van der Waals surface area contributed by atoms with Crippen LogP contribution in [0, 0.1) is 11.7 Å². The van der Waals surface area contributed by atoms with Crippen LogP contribution in [0.4, 0.5) is 10.1 Å². The van der Waals surface area contributed by atoms with Gasteiger partial charge in [0.05, 0.1) is 6.04 Å². The number of nitrogens with two attached hydrogens (primary N) is 1. The van der Waals surface area contributed by atoms with Crippen LogP contribution in [0.15, 0.2) is 24.3 Å². The fourth-order valence-electron chi connectivity index (χ4n) is 3.28. The molecule has 2 unspecified atom stereocenters. The molecule has 0 aliphatic carbocycles. The molecule has 28 heavy (non-hydrogen) atoms.